The molecule has 2 heterocycles. The molecule has 2 fully saturated rings. The first-order valence-corrected chi connectivity index (χ1v) is 8.01. The number of hydrogen-bond donors (Lipinski definition) is 1. The Balaban J connectivity index is 1.88. The molecular weight excluding hydrogens is 280 g/mol. The zero-order valence-electron chi connectivity index (χ0n) is 12.7. The van der Waals surface area contributed by atoms with Gasteiger partial charge in [-0.2, -0.15) is 0 Å². The summed E-state index contributed by atoms with van der Waals surface area (Å²) in [6, 6.07) is 0. The van der Waals surface area contributed by atoms with Gasteiger partial charge in [-0.15, -0.1) is 0 Å². The van der Waals surface area contributed by atoms with E-state index < -0.39 is 11.4 Å². The van der Waals surface area contributed by atoms with Crippen LogP contribution in [0.25, 0.3) is 0 Å². The monoisotopic (exact) mass is 302 g/mol. The summed E-state index contributed by atoms with van der Waals surface area (Å²) in [4.78, 5) is 35.0. The minimum atomic E-state index is -1.12. The van der Waals surface area contributed by atoms with Gasteiger partial charge in [-0.3, -0.25) is 19.6 Å². The lowest BCUT2D eigenvalue weighted by Crippen LogP contribution is -2.54. The lowest BCUT2D eigenvalue weighted by Gasteiger charge is -2.35. The van der Waals surface area contributed by atoms with Crippen LogP contribution in [0.15, 0.2) is 18.6 Å². The first kappa shape index (κ1) is 14.9. The molecule has 1 aliphatic heterocycles. The summed E-state index contributed by atoms with van der Waals surface area (Å²) in [5.74, 6) is -0.0420. The van der Waals surface area contributed by atoms with Gasteiger partial charge in [0, 0.05) is 25.4 Å². The van der Waals surface area contributed by atoms with E-state index in [4.69, 9.17) is 5.73 Å². The van der Waals surface area contributed by atoms with E-state index in [1.165, 1.54) is 19.0 Å². The van der Waals surface area contributed by atoms with E-state index in [1.807, 2.05) is 0 Å². The third-order valence-corrected chi connectivity index (χ3v) is 5.01. The van der Waals surface area contributed by atoms with Crippen molar-refractivity contribution in [2.24, 2.45) is 11.7 Å². The van der Waals surface area contributed by atoms with Gasteiger partial charge in [-0.05, 0) is 31.6 Å². The number of nitrogens with two attached hydrogens (primary N) is 1. The fraction of sp³-hybridized carbons (Fsp3) is 0.625. The Morgan fingerprint density at radius 1 is 1.27 bits per heavy atom. The average molecular weight is 302 g/mol. The predicted octanol–water partition coefficient (Wildman–Crippen LogP) is 1.36. The lowest BCUT2D eigenvalue weighted by molar-refractivity contribution is -0.145. The van der Waals surface area contributed by atoms with Crippen LogP contribution in [-0.4, -0.2) is 33.2 Å². The number of carbonyl (C=O) groups is 2. The molecule has 0 radical (unpaired) electrons. The molecule has 1 aliphatic carbocycles. The standard InChI is InChI=1S/C16H22N4O2/c17-15(22)16(13-11-18-7-8-19-13)6-3-9-20(16)14(21)10-12-4-1-2-5-12/h7-8,11-12H,1-6,9-10H2,(H2,17,22). The first-order chi connectivity index (χ1) is 10.6. The zero-order chi connectivity index (χ0) is 15.6. The molecule has 0 spiro atoms. The Morgan fingerprint density at radius 3 is 2.68 bits per heavy atom. The molecule has 2 N–H and O–H groups in total. The molecule has 118 valence electrons. The summed E-state index contributed by atoms with van der Waals surface area (Å²) in [6.07, 6.45) is 11.0. The van der Waals surface area contributed by atoms with Gasteiger partial charge in [0.15, 0.2) is 5.54 Å². The van der Waals surface area contributed by atoms with Crippen molar-refractivity contribution < 1.29 is 9.59 Å². The minimum absolute atomic E-state index is 0.0221. The quantitative estimate of drug-likeness (QED) is 0.909. The molecule has 22 heavy (non-hydrogen) atoms. The van der Waals surface area contributed by atoms with Gasteiger partial charge in [0.05, 0.1) is 11.9 Å². The zero-order valence-corrected chi connectivity index (χ0v) is 12.7. The van der Waals surface area contributed by atoms with Gasteiger partial charge in [0.2, 0.25) is 11.8 Å². The smallest absolute Gasteiger partial charge is 0.249 e. The molecular formula is C16H22N4O2. The van der Waals surface area contributed by atoms with Crippen molar-refractivity contribution >= 4 is 11.8 Å². The number of carbonyl (C=O) groups excluding carboxylic acids is 2. The van der Waals surface area contributed by atoms with Gasteiger partial charge in [-0.1, -0.05) is 12.8 Å². The molecule has 1 aromatic heterocycles. The number of amides is 2. The summed E-state index contributed by atoms with van der Waals surface area (Å²) >= 11 is 0. The Morgan fingerprint density at radius 2 is 2.05 bits per heavy atom. The summed E-state index contributed by atoms with van der Waals surface area (Å²) in [6.45, 7) is 0.561. The molecule has 6 nitrogen and oxygen atoms in total. The Bertz CT molecular complexity index is 557. The summed E-state index contributed by atoms with van der Waals surface area (Å²) < 4.78 is 0. The van der Waals surface area contributed by atoms with Crippen LogP contribution in [-0.2, 0) is 15.1 Å². The topological polar surface area (TPSA) is 89.2 Å². The van der Waals surface area contributed by atoms with Gasteiger partial charge in [0.25, 0.3) is 0 Å². The van der Waals surface area contributed by atoms with Gasteiger partial charge < -0.3 is 10.6 Å². The molecule has 2 aliphatic rings. The van der Waals surface area contributed by atoms with Crippen molar-refractivity contribution in [2.45, 2.75) is 50.5 Å². The maximum Gasteiger partial charge on any atom is 0.249 e. The number of likely N-dealkylation sites (tertiary alicyclic amines) is 1. The van der Waals surface area contributed by atoms with Crippen LogP contribution in [0, 0.1) is 5.92 Å². The van der Waals surface area contributed by atoms with E-state index in [2.05, 4.69) is 9.97 Å². The number of rotatable bonds is 4. The number of primary amides is 1. The van der Waals surface area contributed by atoms with Gasteiger partial charge >= 0.3 is 0 Å². The van der Waals surface area contributed by atoms with E-state index in [-0.39, 0.29) is 5.91 Å². The highest BCUT2D eigenvalue weighted by molar-refractivity contribution is 5.91. The fourth-order valence-electron chi connectivity index (χ4n) is 3.89. The second-order valence-electron chi connectivity index (χ2n) is 6.32. The highest BCUT2D eigenvalue weighted by Gasteiger charge is 2.51. The van der Waals surface area contributed by atoms with Crippen LogP contribution in [0.4, 0.5) is 0 Å². The SMILES string of the molecule is NC(=O)C1(c2cnccn2)CCCN1C(=O)CC1CCCC1. The van der Waals surface area contributed by atoms with Crippen LogP contribution in [0.1, 0.15) is 50.6 Å². The molecule has 6 heteroatoms. The van der Waals surface area contributed by atoms with E-state index in [9.17, 15) is 9.59 Å². The average Bonchev–Trinajstić information content (AvgIpc) is 3.17. The first-order valence-electron chi connectivity index (χ1n) is 8.01. The maximum absolute atomic E-state index is 12.8. The summed E-state index contributed by atoms with van der Waals surface area (Å²) in [7, 11) is 0. The molecule has 1 saturated carbocycles. The largest absolute Gasteiger partial charge is 0.367 e. The van der Waals surface area contributed by atoms with Crippen LogP contribution in [0.2, 0.25) is 0 Å². The second-order valence-corrected chi connectivity index (χ2v) is 6.32. The molecule has 1 unspecified atom stereocenters. The van der Waals surface area contributed by atoms with Crippen LogP contribution >= 0.6 is 0 Å². The number of hydrogen-bond acceptors (Lipinski definition) is 4. The van der Waals surface area contributed by atoms with E-state index in [0.29, 0.717) is 31.0 Å². The van der Waals surface area contributed by atoms with Crippen LogP contribution in [0.5, 0.6) is 0 Å². The Kier molecular flexibility index (Phi) is 4.09. The maximum atomic E-state index is 12.8. The van der Waals surface area contributed by atoms with E-state index >= 15 is 0 Å². The van der Waals surface area contributed by atoms with Crippen LogP contribution in [0.3, 0.4) is 0 Å². The predicted molar refractivity (Wildman–Crippen MR) is 80.4 cm³/mol. The number of aromatic nitrogens is 2. The summed E-state index contributed by atoms with van der Waals surface area (Å²) in [5.41, 5.74) is 5.07. The van der Waals surface area contributed by atoms with Crippen molar-refractivity contribution in [1.29, 1.82) is 0 Å². The van der Waals surface area contributed by atoms with E-state index in [0.717, 1.165) is 19.3 Å². The molecule has 3 rings (SSSR count). The van der Waals surface area contributed by atoms with Gasteiger partial charge in [-0.25, -0.2) is 0 Å². The third-order valence-electron chi connectivity index (χ3n) is 5.01. The molecule has 1 atom stereocenters. The van der Waals surface area contributed by atoms with Crippen molar-refractivity contribution in [1.82, 2.24) is 14.9 Å². The van der Waals surface area contributed by atoms with Crippen molar-refractivity contribution in [3.05, 3.63) is 24.3 Å². The highest BCUT2D eigenvalue weighted by Crippen LogP contribution is 2.39. The Labute approximate surface area is 130 Å². The second kappa shape index (κ2) is 6.02. The molecule has 1 saturated heterocycles. The van der Waals surface area contributed by atoms with Crippen LogP contribution < -0.4 is 5.73 Å². The molecule has 0 aromatic carbocycles. The Hall–Kier alpha value is -1.98. The van der Waals surface area contributed by atoms with Crippen molar-refractivity contribution in [2.75, 3.05) is 6.54 Å². The highest BCUT2D eigenvalue weighted by atomic mass is 16.2. The fourth-order valence-corrected chi connectivity index (χ4v) is 3.89. The van der Waals surface area contributed by atoms with Crippen molar-refractivity contribution in [3.8, 4) is 0 Å². The summed E-state index contributed by atoms with van der Waals surface area (Å²) in [5, 5.41) is 0. The number of nitrogens with zero attached hydrogens (tertiary/aromatic N) is 3. The molecule has 0 bridgehead atoms. The van der Waals surface area contributed by atoms with Crippen molar-refractivity contribution in [3.63, 3.8) is 0 Å². The van der Waals surface area contributed by atoms with E-state index in [1.54, 1.807) is 17.3 Å². The third kappa shape index (κ3) is 2.46. The van der Waals surface area contributed by atoms with Gasteiger partial charge in [0.1, 0.15) is 0 Å². The normalized spacial score (nSPS) is 25.5. The molecule has 1 aromatic rings. The lowest BCUT2D eigenvalue weighted by atomic mass is 9.90. The molecule has 2 amide bonds. The minimum Gasteiger partial charge on any atom is -0.367 e.